The Labute approximate surface area is 140 Å². The summed E-state index contributed by atoms with van der Waals surface area (Å²) in [4.78, 5) is 24.3. The van der Waals surface area contributed by atoms with Gasteiger partial charge in [0.15, 0.2) is 5.13 Å². The van der Waals surface area contributed by atoms with Gasteiger partial charge < -0.3 is 16.6 Å². The normalized spacial score (nSPS) is 11.8. The third kappa shape index (κ3) is 2.97. The van der Waals surface area contributed by atoms with Crippen LogP contribution in [0.15, 0.2) is 30.5 Å². The highest BCUT2D eigenvalue weighted by molar-refractivity contribution is 7.22. The predicted molar refractivity (Wildman–Crippen MR) is 94.2 cm³/mol. The van der Waals surface area contributed by atoms with Crippen LogP contribution in [0.5, 0.6) is 0 Å². The number of carbonyl (C=O) groups is 1. The van der Waals surface area contributed by atoms with E-state index in [1.54, 1.807) is 18.3 Å². The van der Waals surface area contributed by atoms with Gasteiger partial charge in [-0.3, -0.25) is 10.3 Å². The quantitative estimate of drug-likeness (QED) is 0.530. The fourth-order valence-corrected chi connectivity index (χ4v) is 3.12. The van der Waals surface area contributed by atoms with Gasteiger partial charge in [-0.1, -0.05) is 17.4 Å². The van der Waals surface area contributed by atoms with E-state index in [4.69, 9.17) is 16.6 Å². The fraction of sp³-hybridized carbons (Fsp3) is 0.0667. The number of nitrogens with zero attached hydrogens (tertiary/aromatic N) is 3. The summed E-state index contributed by atoms with van der Waals surface area (Å²) in [5.41, 5.74) is 7.50. The van der Waals surface area contributed by atoms with Crippen molar-refractivity contribution in [1.82, 2.24) is 15.0 Å². The van der Waals surface area contributed by atoms with Gasteiger partial charge in [-0.15, -0.1) is 0 Å². The average Bonchev–Trinajstić information content (AvgIpc) is 2.97. The summed E-state index contributed by atoms with van der Waals surface area (Å²) in [6.45, 7) is 0. The van der Waals surface area contributed by atoms with Crippen molar-refractivity contribution in [3.8, 4) is 11.4 Å². The molecule has 0 saturated heterocycles. The van der Waals surface area contributed by atoms with Crippen molar-refractivity contribution in [1.29, 1.82) is 10.8 Å². The van der Waals surface area contributed by atoms with Gasteiger partial charge in [-0.25, -0.2) is 14.8 Å². The predicted octanol–water partition coefficient (Wildman–Crippen LogP) is 2.63. The Kier molecular flexibility index (Phi) is 4.25. The largest absolute Gasteiger partial charge is 0.351 e. The molecule has 0 aromatic carbocycles. The molecule has 3 aromatic heterocycles. The first-order valence-corrected chi connectivity index (χ1v) is 7.74. The second kappa shape index (κ2) is 6.50. The molecular formula is C15H13N7OS. The molecule has 0 atom stereocenters. The lowest BCUT2D eigenvalue weighted by Crippen LogP contribution is -2.18. The lowest BCUT2D eigenvalue weighted by Gasteiger charge is -2.08. The minimum absolute atomic E-state index is 0.356. The number of urea groups is 1. The molecule has 0 aliphatic heterocycles. The molecule has 0 unspecified atom stereocenters. The first-order chi connectivity index (χ1) is 11.6. The van der Waals surface area contributed by atoms with Crippen molar-refractivity contribution in [3.63, 3.8) is 0 Å². The minimum Gasteiger partial charge on any atom is -0.351 e. The number of hydrogen-bond donors (Lipinski definition) is 4. The summed E-state index contributed by atoms with van der Waals surface area (Å²) in [7, 11) is 0. The number of amides is 2. The third-order valence-corrected chi connectivity index (χ3v) is 4.23. The number of thiazole rings is 1. The zero-order valence-electron chi connectivity index (χ0n) is 12.4. The number of hydrogen-bond acceptors (Lipinski definition) is 7. The lowest BCUT2D eigenvalue weighted by atomic mass is 10.1. The number of carbonyl (C=O) groups excluding carboxylic acids is 1. The van der Waals surface area contributed by atoms with Crippen LogP contribution < -0.4 is 11.1 Å². The van der Waals surface area contributed by atoms with Crippen LogP contribution in [-0.4, -0.2) is 33.4 Å². The fourth-order valence-electron chi connectivity index (χ4n) is 2.18. The van der Waals surface area contributed by atoms with Crippen LogP contribution in [0, 0.1) is 10.8 Å². The number of nitrogens with one attached hydrogen (secondary N) is 3. The van der Waals surface area contributed by atoms with Crippen molar-refractivity contribution in [3.05, 3.63) is 36.2 Å². The van der Waals surface area contributed by atoms with Crippen molar-refractivity contribution in [2.45, 2.75) is 5.92 Å². The number of primary amides is 1. The number of rotatable bonds is 5. The lowest BCUT2D eigenvalue weighted by molar-refractivity contribution is 0.259. The first kappa shape index (κ1) is 15.7. The molecule has 3 rings (SSSR count). The second-order valence-electron chi connectivity index (χ2n) is 4.83. The van der Waals surface area contributed by atoms with Gasteiger partial charge in [0.1, 0.15) is 5.69 Å². The maximum Gasteiger partial charge on any atom is 0.318 e. The number of nitrogens with two attached hydrogens (primary N) is 1. The Morgan fingerprint density at radius 3 is 2.71 bits per heavy atom. The maximum atomic E-state index is 11.1. The number of fused-ring (bicyclic) bond motifs is 1. The smallest absolute Gasteiger partial charge is 0.318 e. The maximum absolute atomic E-state index is 11.1. The topological polar surface area (TPSA) is 141 Å². The Hall–Kier alpha value is -3.20. The van der Waals surface area contributed by atoms with E-state index in [2.05, 4.69) is 20.3 Å². The van der Waals surface area contributed by atoms with Crippen LogP contribution in [0.25, 0.3) is 21.6 Å². The summed E-state index contributed by atoms with van der Waals surface area (Å²) in [6.07, 6.45) is 3.93. The van der Waals surface area contributed by atoms with E-state index in [9.17, 15) is 4.79 Å². The molecule has 3 aromatic rings. The summed E-state index contributed by atoms with van der Waals surface area (Å²) >= 11 is 1.24. The van der Waals surface area contributed by atoms with Crippen LogP contribution in [0.3, 0.4) is 0 Å². The molecule has 0 saturated carbocycles. The second-order valence-corrected chi connectivity index (χ2v) is 5.83. The standard InChI is InChI=1S/C15H13N7OS/c16-6-8(7-17)10-5-11-13(24-15(21-11)22-14(18)23)12(20-10)9-3-1-2-4-19-9/h1-8,16-17H,(H3,18,21,22,23). The number of anilines is 1. The molecular weight excluding hydrogens is 326 g/mol. The first-order valence-electron chi connectivity index (χ1n) is 6.93. The van der Waals surface area contributed by atoms with Crippen LogP contribution >= 0.6 is 11.3 Å². The highest BCUT2D eigenvalue weighted by Gasteiger charge is 2.17. The number of aromatic nitrogens is 3. The van der Waals surface area contributed by atoms with Gasteiger partial charge in [0.05, 0.1) is 27.5 Å². The molecule has 0 aliphatic rings. The minimum atomic E-state index is -0.696. The summed E-state index contributed by atoms with van der Waals surface area (Å²) in [5, 5.41) is 17.7. The Bertz CT molecular complexity index is 914. The van der Waals surface area contributed by atoms with E-state index in [0.29, 0.717) is 27.7 Å². The van der Waals surface area contributed by atoms with Gasteiger partial charge in [-0.05, 0) is 18.2 Å². The number of pyridine rings is 2. The molecule has 3 heterocycles. The zero-order valence-corrected chi connectivity index (χ0v) is 13.2. The molecule has 8 nitrogen and oxygen atoms in total. The molecule has 9 heteroatoms. The van der Waals surface area contributed by atoms with Crippen molar-refractivity contribution < 1.29 is 4.79 Å². The molecule has 0 fully saturated rings. The Morgan fingerprint density at radius 1 is 1.29 bits per heavy atom. The molecule has 120 valence electrons. The van der Waals surface area contributed by atoms with Gasteiger partial charge in [-0.2, -0.15) is 0 Å². The van der Waals surface area contributed by atoms with E-state index in [1.807, 2.05) is 12.1 Å². The molecule has 0 spiro atoms. The van der Waals surface area contributed by atoms with Crippen molar-refractivity contribution >= 4 is 45.1 Å². The SMILES string of the molecule is N=CC(C=N)c1cc2nc(NC(N)=O)sc2c(-c2ccccn2)n1. The van der Waals surface area contributed by atoms with E-state index in [-0.39, 0.29) is 0 Å². The van der Waals surface area contributed by atoms with E-state index in [0.717, 1.165) is 17.1 Å². The molecule has 24 heavy (non-hydrogen) atoms. The molecule has 0 radical (unpaired) electrons. The van der Waals surface area contributed by atoms with Crippen molar-refractivity contribution in [2.24, 2.45) is 5.73 Å². The Balaban J connectivity index is 2.25. The van der Waals surface area contributed by atoms with Crippen LogP contribution in [-0.2, 0) is 0 Å². The molecule has 5 N–H and O–H groups in total. The van der Waals surface area contributed by atoms with E-state index >= 15 is 0 Å². The summed E-state index contributed by atoms with van der Waals surface area (Å²) in [6, 6.07) is 6.46. The molecule has 0 aliphatic carbocycles. The van der Waals surface area contributed by atoms with Gasteiger partial charge in [0.25, 0.3) is 0 Å². The van der Waals surface area contributed by atoms with Crippen LogP contribution in [0.2, 0.25) is 0 Å². The van der Waals surface area contributed by atoms with Crippen molar-refractivity contribution in [2.75, 3.05) is 5.32 Å². The zero-order chi connectivity index (χ0) is 17.1. The highest BCUT2D eigenvalue weighted by Crippen LogP contribution is 2.34. The Morgan fingerprint density at radius 2 is 2.08 bits per heavy atom. The molecule has 2 amide bonds. The summed E-state index contributed by atoms with van der Waals surface area (Å²) < 4.78 is 0.745. The van der Waals surface area contributed by atoms with Crippen LogP contribution in [0.4, 0.5) is 9.93 Å². The van der Waals surface area contributed by atoms with Gasteiger partial charge in [0.2, 0.25) is 0 Å². The summed E-state index contributed by atoms with van der Waals surface area (Å²) in [5.74, 6) is -0.550. The van der Waals surface area contributed by atoms with Gasteiger partial charge >= 0.3 is 6.03 Å². The molecule has 0 bridgehead atoms. The van der Waals surface area contributed by atoms with Gasteiger partial charge in [0, 0.05) is 18.6 Å². The monoisotopic (exact) mass is 339 g/mol. The highest BCUT2D eigenvalue weighted by atomic mass is 32.1. The van der Waals surface area contributed by atoms with E-state index in [1.165, 1.54) is 11.3 Å². The van der Waals surface area contributed by atoms with Crippen LogP contribution in [0.1, 0.15) is 11.6 Å². The third-order valence-electron chi connectivity index (χ3n) is 3.23. The average molecular weight is 339 g/mol. The van der Waals surface area contributed by atoms with E-state index < -0.39 is 11.9 Å².